The van der Waals surface area contributed by atoms with E-state index in [9.17, 15) is 9.90 Å². The lowest BCUT2D eigenvalue weighted by Gasteiger charge is -2.16. The largest absolute Gasteiger partial charge is 0.397 e. The van der Waals surface area contributed by atoms with Crippen LogP contribution in [0.2, 0.25) is 0 Å². The molecule has 1 aliphatic carbocycles. The number of aliphatic hydroxyl groups is 1. The minimum atomic E-state index is -0.807. The van der Waals surface area contributed by atoms with E-state index in [2.05, 4.69) is 9.97 Å². The van der Waals surface area contributed by atoms with E-state index in [0.717, 1.165) is 52.6 Å². The van der Waals surface area contributed by atoms with Gasteiger partial charge in [-0.3, -0.25) is 9.78 Å². The first kappa shape index (κ1) is 14.4. The van der Waals surface area contributed by atoms with Crippen LogP contribution in [0.25, 0.3) is 10.2 Å². The third-order valence-corrected chi connectivity index (χ3v) is 5.69. The van der Waals surface area contributed by atoms with Crippen molar-refractivity contribution >= 4 is 27.2 Å². The van der Waals surface area contributed by atoms with Crippen molar-refractivity contribution in [1.29, 1.82) is 0 Å². The van der Waals surface area contributed by atoms with Crippen LogP contribution in [0.15, 0.2) is 29.3 Å². The molecule has 0 fully saturated rings. The van der Waals surface area contributed by atoms with E-state index >= 15 is 0 Å². The number of nitrogens with zero attached hydrogens (tertiary/aromatic N) is 1. The topological polar surface area (TPSA) is 92.0 Å². The van der Waals surface area contributed by atoms with Crippen molar-refractivity contribution in [1.82, 2.24) is 9.97 Å². The van der Waals surface area contributed by atoms with Crippen LogP contribution >= 0.6 is 11.3 Å². The maximum Gasteiger partial charge on any atom is 0.252 e. The number of nitrogen functional groups attached to an aromatic ring is 1. The molecule has 23 heavy (non-hydrogen) atoms. The molecule has 1 aliphatic rings. The first-order valence-electron chi connectivity index (χ1n) is 7.70. The number of aromatic amines is 1. The summed E-state index contributed by atoms with van der Waals surface area (Å²) in [6, 6.07) is 3.54. The van der Waals surface area contributed by atoms with Crippen molar-refractivity contribution in [3.8, 4) is 0 Å². The van der Waals surface area contributed by atoms with E-state index in [-0.39, 0.29) is 5.56 Å². The second-order valence-corrected chi connectivity index (χ2v) is 6.94. The molecule has 4 rings (SSSR count). The van der Waals surface area contributed by atoms with Crippen molar-refractivity contribution in [3.05, 3.63) is 56.4 Å². The van der Waals surface area contributed by atoms with Crippen molar-refractivity contribution in [2.45, 2.75) is 31.8 Å². The molecule has 0 radical (unpaired) electrons. The van der Waals surface area contributed by atoms with Crippen LogP contribution in [0.3, 0.4) is 0 Å². The van der Waals surface area contributed by atoms with Crippen LogP contribution in [-0.4, -0.2) is 15.1 Å². The zero-order valence-electron chi connectivity index (χ0n) is 12.5. The van der Waals surface area contributed by atoms with Crippen molar-refractivity contribution in [2.24, 2.45) is 0 Å². The lowest BCUT2D eigenvalue weighted by Crippen LogP contribution is -2.18. The fourth-order valence-electron chi connectivity index (χ4n) is 3.36. The zero-order valence-corrected chi connectivity index (χ0v) is 13.3. The lowest BCUT2D eigenvalue weighted by molar-refractivity contribution is 0.225. The Morgan fingerprint density at radius 2 is 1.91 bits per heavy atom. The molecule has 4 N–H and O–H groups in total. The highest BCUT2D eigenvalue weighted by Gasteiger charge is 2.24. The predicted octanol–water partition coefficient (Wildman–Crippen LogP) is 2.53. The number of thiophene rings is 1. The molecule has 0 saturated heterocycles. The number of anilines is 1. The molecule has 6 heteroatoms. The highest BCUT2D eigenvalue weighted by Crippen LogP contribution is 2.41. The van der Waals surface area contributed by atoms with Crippen LogP contribution in [0, 0.1) is 0 Å². The molecule has 0 aromatic carbocycles. The van der Waals surface area contributed by atoms with E-state index in [1.807, 2.05) is 0 Å². The third-order valence-electron chi connectivity index (χ3n) is 4.51. The van der Waals surface area contributed by atoms with Gasteiger partial charge in [0.2, 0.25) is 0 Å². The van der Waals surface area contributed by atoms with E-state index in [1.54, 1.807) is 24.5 Å². The molecule has 0 spiro atoms. The molecule has 5 nitrogen and oxygen atoms in total. The summed E-state index contributed by atoms with van der Waals surface area (Å²) >= 11 is 1.36. The number of hydrogen-bond acceptors (Lipinski definition) is 5. The molecule has 0 bridgehead atoms. The fourth-order valence-corrected chi connectivity index (χ4v) is 4.52. The molecule has 0 amide bonds. The third kappa shape index (κ3) is 2.26. The average molecular weight is 327 g/mol. The second-order valence-electron chi connectivity index (χ2n) is 5.89. The Kier molecular flexibility index (Phi) is 3.43. The smallest absolute Gasteiger partial charge is 0.252 e. The van der Waals surface area contributed by atoms with Gasteiger partial charge < -0.3 is 15.8 Å². The highest BCUT2D eigenvalue weighted by molar-refractivity contribution is 7.19. The monoisotopic (exact) mass is 327 g/mol. The van der Waals surface area contributed by atoms with Crippen molar-refractivity contribution < 1.29 is 5.11 Å². The maximum atomic E-state index is 12.3. The zero-order chi connectivity index (χ0) is 16.0. The van der Waals surface area contributed by atoms with Gasteiger partial charge in [0.15, 0.2) is 0 Å². The molecule has 0 aliphatic heterocycles. The molecule has 0 saturated carbocycles. The summed E-state index contributed by atoms with van der Waals surface area (Å²) in [5, 5.41) is 11.6. The highest BCUT2D eigenvalue weighted by atomic mass is 32.1. The summed E-state index contributed by atoms with van der Waals surface area (Å²) in [4.78, 5) is 20.6. The second kappa shape index (κ2) is 5.47. The van der Waals surface area contributed by atoms with Crippen LogP contribution in [0.5, 0.6) is 0 Å². The Labute approximate surface area is 136 Å². The number of hydrogen-bond donors (Lipinski definition) is 3. The number of pyridine rings is 2. The Bertz CT molecular complexity index is 930. The summed E-state index contributed by atoms with van der Waals surface area (Å²) < 4.78 is 0. The Morgan fingerprint density at radius 3 is 2.65 bits per heavy atom. The van der Waals surface area contributed by atoms with Gasteiger partial charge in [-0.25, -0.2) is 0 Å². The SMILES string of the molecule is Nc1c(C(O)c2ccncc2)sc2[nH]c(=O)c3c(c12)CCCC3. The van der Waals surface area contributed by atoms with Gasteiger partial charge >= 0.3 is 0 Å². The summed E-state index contributed by atoms with van der Waals surface area (Å²) in [7, 11) is 0. The molecule has 1 atom stereocenters. The number of nitrogens with one attached hydrogen (secondary N) is 1. The first-order chi connectivity index (χ1) is 11.2. The van der Waals surface area contributed by atoms with E-state index in [1.165, 1.54) is 11.3 Å². The molecular formula is C17H17N3O2S. The lowest BCUT2D eigenvalue weighted by atomic mass is 9.90. The number of aromatic nitrogens is 2. The van der Waals surface area contributed by atoms with Gasteiger partial charge in [-0.1, -0.05) is 0 Å². The van der Waals surface area contributed by atoms with Gasteiger partial charge in [0.1, 0.15) is 10.9 Å². The van der Waals surface area contributed by atoms with Crippen molar-refractivity contribution in [3.63, 3.8) is 0 Å². The maximum absolute atomic E-state index is 12.3. The van der Waals surface area contributed by atoms with E-state index in [0.29, 0.717) is 10.6 Å². The van der Waals surface area contributed by atoms with Crippen LogP contribution in [-0.2, 0) is 12.8 Å². The number of aryl methyl sites for hydroxylation is 1. The summed E-state index contributed by atoms with van der Waals surface area (Å²) in [6.45, 7) is 0. The van der Waals surface area contributed by atoms with Crippen LogP contribution in [0.1, 0.15) is 40.5 Å². The Morgan fingerprint density at radius 1 is 1.22 bits per heavy atom. The average Bonchev–Trinajstić information content (AvgIpc) is 2.92. The molecule has 3 aromatic rings. The number of nitrogens with two attached hydrogens (primary N) is 1. The summed E-state index contributed by atoms with van der Waals surface area (Å²) in [5.74, 6) is 0. The van der Waals surface area contributed by atoms with Crippen LogP contribution < -0.4 is 11.3 Å². The summed E-state index contributed by atoms with van der Waals surface area (Å²) in [6.07, 6.45) is 6.27. The van der Waals surface area contributed by atoms with Gasteiger partial charge in [0.05, 0.1) is 10.6 Å². The standard InChI is InChI=1S/C17H17N3O2S/c18-13-12-10-3-1-2-4-11(10)16(22)20-17(12)23-15(13)14(21)9-5-7-19-8-6-9/h5-8,14,21H,1-4,18H2,(H,20,22). The molecule has 3 aromatic heterocycles. The van der Waals surface area contributed by atoms with Gasteiger partial charge in [0, 0.05) is 23.3 Å². The Hall–Kier alpha value is -2.18. The first-order valence-corrected chi connectivity index (χ1v) is 8.52. The van der Waals surface area contributed by atoms with Crippen molar-refractivity contribution in [2.75, 3.05) is 5.73 Å². The van der Waals surface area contributed by atoms with Gasteiger partial charge in [-0.2, -0.15) is 0 Å². The number of aliphatic hydroxyl groups excluding tert-OH is 1. The van der Waals surface area contributed by atoms with Gasteiger partial charge in [-0.15, -0.1) is 11.3 Å². The fraction of sp³-hybridized carbons (Fsp3) is 0.294. The molecular weight excluding hydrogens is 310 g/mol. The molecule has 3 heterocycles. The predicted molar refractivity (Wildman–Crippen MR) is 91.8 cm³/mol. The minimum Gasteiger partial charge on any atom is -0.397 e. The Balaban J connectivity index is 1.93. The van der Waals surface area contributed by atoms with Gasteiger partial charge in [0.25, 0.3) is 5.56 Å². The normalized spacial score (nSPS) is 15.5. The quantitative estimate of drug-likeness (QED) is 0.674. The number of rotatable bonds is 2. The van der Waals surface area contributed by atoms with E-state index < -0.39 is 6.10 Å². The minimum absolute atomic E-state index is 0.0154. The molecule has 1 unspecified atom stereocenters. The van der Waals surface area contributed by atoms with E-state index in [4.69, 9.17) is 5.73 Å². The van der Waals surface area contributed by atoms with Gasteiger partial charge in [-0.05, 0) is 48.9 Å². The number of H-pyrrole nitrogens is 1. The molecule has 118 valence electrons. The number of fused-ring (bicyclic) bond motifs is 3. The van der Waals surface area contributed by atoms with Crippen LogP contribution in [0.4, 0.5) is 5.69 Å². The summed E-state index contributed by atoms with van der Waals surface area (Å²) in [5.41, 5.74) is 9.61.